The van der Waals surface area contributed by atoms with Gasteiger partial charge in [0.25, 0.3) is 0 Å². The molecule has 0 aliphatic heterocycles. The summed E-state index contributed by atoms with van der Waals surface area (Å²) in [7, 11) is 2.96. The Morgan fingerprint density at radius 3 is 2.70 bits per heavy atom. The summed E-state index contributed by atoms with van der Waals surface area (Å²) >= 11 is 1.29. The minimum absolute atomic E-state index is 0.317. The van der Waals surface area contributed by atoms with Crippen LogP contribution in [0.5, 0.6) is 0 Å². The third-order valence-corrected chi connectivity index (χ3v) is 4.13. The van der Waals surface area contributed by atoms with Crippen molar-refractivity contribution in [2.24, 2.45) is 0 Å². The van der Waals surface area contributed by atoms with Gasteiger partial charge in [-0.2, -0.15) is 13.2 Å². The fourth-order valence-corrected chi connectivity index (χ4v) is 2.76. The van der Waals surface area contributed by atoms with Crippen molar-refractivity contribution in [3.8, 4) is 0 Å². The van der Waals surface area contributed by atoms with E-state index in [0.717, 1.165) is 15.5 Å². The second-order valence-electron chi connectivity index (χ2n) is 4.93. The van der Waals surface area contributed by atoms with Crippen LogP contribution in [0.3, 0.4) is 0 Å². The second-order valence-corrected chi connectivity index (χ2v) is 5.99. The zero-order valence-electron chi connectivity index (χ0n) is 11.5. The number of hydrogen-bond acceptors (Lipinski definition) is 5. The van der Waals surface area contributed by atoms with Gasteiger partial charge < -0.3 is 15.0 Å². The maximum Gasteiger partial charge on any atom is 0.405 e. The van der Waals surface area contributed by atoms with Crippen molar-refractivity contribution in [2.75, 3.05) is 25.6 Å². The molecular formula is C12H18F3N3OS. The van der Waals surface area contributed by atoms with Gasteiger partial charge >= 0.3 is 6.18 Å². The van der Waals surface area contributed by atoms with Crippen molar-refractivity contribution >= 4 is 16.5 Å². The monoisotopic (exact) mass is 309 g/mol. The van der Waals surface area contributed by atoms with Gasteiger partial charge in [0.05, 0.1) is 12.3 Å². The molecule has 0 aromatic carbocycles. The first-order valence-corrected chi connectivity index (χ1v) is 7.19. The van der Waals surface area contributed by atoms with Crippen LogP contribution in [0, 0.1) is 0 Å². The number of halogens is 3. The predicted molar refractivity (Wildman–Crippen MR) is 72.0 cm³/mol. The Morgan fingerprint density at radius 1 is 1.45 bits per heavy atom. The summed E-state index contributed by atoms with van der Waals surface area (Å²) in [6.45, 7) is -0.0403. The Kier molecular flexibility index (Phi) is 4.87. The van der Waals surface area contributed by atoms with Crippen molar-refractivity contribution in [2.45, 2.75) is 38.2 Å². The van der Waals surface area contributed by atoms with Crippen LogP contribution in [0.4, 0.5) is 18.3 Å². The van der Waals surface area contributed by atoms with E-state index in [9.17, 15) is 13.2 Å². The molecule has 1 fully saturated rings. The molecule has 1 aromatic rings. The van der Waals surface area contributed by atoms with Crippen molar-refractivity contribution in [3.05, 3.63) is 10.6 Å². The van der Waals surface area contributed by atoms with Gasteiger partial charge in [0.1, 0.15) is 6.54 Å². The quantitative estimate of drug-likeness (QED) is 0.840. The van der Waals surface area contributed by atoms with Gasteiger partial charge in [-0.3, -0.25) is 0 Å². The van der Waals surface area contributed by atoms with Gasteiger partial charge in [-0.05, 0) is 12.8 Å². The van der Waals surface area contributed by atoms with Crippen LogP contribution in [0.15, 0.2) is 0 Å². The molecule has 20 heavy (non-hydrogen) atoms. The number of anilines is 1. The maximum atomic E-state index is 12.4. The van der Waals surface area contributed by atoms with Crippen molar-refractivity contribution in [1.82, 2.24) is 10.3 Å². The summed E-state index contributed by atoms with van der Waals surface area (Å²) in [5, 5.41) is 3.72. The average molecular weight is 309 g/mol. The molecule has 0 radical (unpaired) electrons. The minimum atomic E-state index is -4.23. The number of rotatable bonds is 7. The molecule has 1 aliphatic carbocycles. The van der Waals surface area contributed by atoms with Crippen molar-refractivity contribution in [3.63, 3.8) is 0 Å². The fraction of sp³-hybridized carbons (Fsp3) is 0.750. The number of hydrogen-bond donors (Lipinski definition) is 1. The Bertz CT molecular complexity index is 446. The molecule has 1 heterocycles. The molecule has 4 nitrogen and oxygen atoms in total. The van der Waals surface area contributed by atoms with E-state index in [1.54, 1.807) is 7.11 Å². The highest BCUT2D eigenvalue weighted by atomic mass is 32.1. The molecule has 0 amide bonds. The largest absolute Gasteiger partial charge is 0.405 e. The summed E-state index contributed by atoms with van der Waals surface area (Å²) in [6, 6.07) is 0.545. The highest BCUT2D eigenvalue weighted by Crippen LogP contribution is 2.29. The molecule has 8 heteroatoms. The van der Waals surface area contributed by atoms with Gasteiger partial charge in [0.15, 0.2) is 5.13 Å². The zero-order valence-corrected chi connectivity index (χ0v) is 12.3. The van der Waals surface area contributed by atoms with E-state index in [4.69, 9.17) is 4.74 Å². The van der Waals surface area contributed by atoms with Gasteiger partial charge in [-0.1, -0.05) is 0 Å². The van der Waals surface area contributed by atoms with Gasteiger partial charge in [0.2, 0.25) is 0 Å². The van der Waals surface area contributed by atoms with Crippen molar-refractivity contribution in [1.29, 1.82) is 0 Å². The zero-order chi connectivity index (χ0) is 14.8. The van der Waals surface area contributed by atoms with Crippen LogP contribution in [0.1, 0.15) is 23.4 Å². The standard InChI is InChI=1S/C12H18F3N3OS/c1-18(7-12(13,14)15)11-17-9(6-19-2)10(20-11)5-16-8-3-4-8/h8,16H,3-7H2,1-2H3. The lowest BCUT2D eigenvalue weighted by atomic mass is 10.3. The van der Waals surface area contributed by atoms with Gasteiger partial charge in [-0.25, -0.2) is 4.98 Å². The van der Waals surface area contributed by atoms with Crippen LogP contribution in [0.2, 0.25) is 0 Å². The Labute approximate surface area is 119 Å². The van der Waals surface area contributed by atoms with Crippen LogP contribution in [-0.4, -0.2) is 37.9 Å². The number of alkyl halides is 3. The molecule has 1 aliphatic rings. The van der Waals surface area contributed by atoms with Crippen LogP contribution in [0.25, 0.3) is 0 Å². The smallest absolute Gasteiger partial charge is 0.378 e. The number of ether oxygens (including phenoxy) is 1. The molecule has 0 bridgehead atoms. The molecule has 2 rings (SSSR count). The van der Waals surface area contributed by atoms with Gasteiger partial charge in [0, 0.05) is 31.6 Å². The van der Waals surface area contributed by atoms with E-state index in [1.165, 1.54) is 31.2 Å². The van der Waals surface area contributed by atoms with Gasteiger partial charge in [-0.15, -0.1) is 11.3 Å². The molecule has 0 atom stereocenters. The molecule has 0 spiro atoms. The molecule has 114 valence electrons. The van der Waals surface area contributed by atoms with E-state index < -0.39 is 12.7 Å². The molecule has 1 N–H and O–H groups in total. The van der Waals surface area contributed by atoms with Crippen LogP contribution < -0.4 is 10.2 Å². The van der Waals surface area contributed by atoms with Crippen molar-refractivity contribution < 1.29 is 17.9 Å². The van der Waals surface area contributed by atoms with E-state index >= 15 is 0 Å². The highest BCUT2D eigenvalue weighted by molar-refractivity contribution is 7.15. The molecule has 0 unspecified atom stereocenters. The van der Waals surface area contributed by atoms with E-state index in [1.807, 2.05) is 0 Å². The number of thiazole rings is 1. The summed E-state index contributed by atoms with van der Waals surface area (Å²) < 4.78 is 42.3. The second kappa shape index (κ2) is 6.28. The SMILES string of the molecule is COCc1nc(N(C)CC(F)(F)F)sc1CNC1CC1. The molecule has 1 saturated carbocycles. The first kappa shape index (κ1) is 15.5. The first-order chi connectivity index (χ1) is 9.39. The summed E-state index contributed by atoms with van der Waals surface area (Å²) in [4.78, 5) is 6.34. The Hall–Kier alpha value is -0.860. The predicted octanol–water partition coefficient (Wildman–Crippen LogP) is 2.54. The number of methoxy groups -OCH3 is 1. The van der Waals surface area contributed by atoms with Crippen LogP contribution >= 0.6 is 11.3 Å². The minimum Gasteiger partial charge on any atom is -0.378 e. The molecular weight excluding hydrogens is 291 g/mol. The number of nitrogens with one attached hydrogen (secondary N) is 1. The average Bonchev–Trinajstić information content (AvgIpc) is 3.07. The highest BCUT2D eigenvalue weighted by Gasteiger charge is 2.31. The normalized spacial score (nSPS) is 15.7. The molecule has 0 saturated heterocycles. The lowest BCUT2D eigenvalue weighted by molar-refractivity contribution is -0.119. The fourth-order valence-electron chi connectivity index (χ4n) is 1.78. The molecule has 1 aromatic heterocycles. The maximum absolute atomic E-state index is 12.4. The third-order valence-electron chi connectivity index (χ3n) is 2.92. The lowest BCUT2D eigenvalue weighted by Crippen LogP contribution is -2.30. The van der Waals surface area contributed by atoms with E-state index in [2.05, 4.69) is 10.3 Å². The Balaban J connectivity index is 2.05. The van der Waals surface area contributed by atoms with E-state index in [-0.39, 0.29) is 0 Å². The lowest BCUT2D eigenvalue weighted by Gasteiger charge is -2.17. The number of nitrogens with zero attached hydrogens (tertiary/aromatic N) is 2. The first-order valence-electron chi connectivity index (χ1n) is 6.38. The summed E-state index contributed by atoms with van der Waals surface area (Å²) in [5.74, 6) is 0. The third kappa shape index (κ3) is 4.60. The van der Waals surface area contributed by atoms with E-state index in [0.29, 0.717) is 24.3 Å². The summed E-state index contributed by atoms with van der Waals surface area (Å²) in [6.07, 6.45) is -1.90. The summed E-state index contributed by atoms with van der Waals surface area (Å²) in [5.41, 5.74) is 0.717. The van der Waals surface area contributed by atoms with Crippen LogP contribution in [-0.2, 0) is 17.9 Å². The Morgan fingerprint density at radius 2 is 2.15 bits per heavy atom. The topological polar surface area (TPSA) is 37.4 Å². The number of aromatic nitrogens is 1.